The lowest BCUT2D eigenvalue weighted by molar-refractivity contribution is -0.148. The SMILES string of the molecule is COC(=O)CC(C(=O)N1CCC[C@H]1c1ncc(-c2ccc3c(c2)C(C)(C)c2cc(-c4cnc([C@@H]5CCCN5C(=O)[C@@H](NC(=O)OC)C(C)C)[nH]4)ccc2-3)[nH]1)C(C)C. The number of alkyl carbamates (subject to hydrolysis) is 1. The standard InChI is InChI=1S/C44H55N7O6/c1-24(2)30(21-37(52)56-7)41(53)50-17-9-11-35(50)39-45-22-33(47-39)26-13-15-28-29-16-14-27(20-32(29)44(5,6)31(28)19-26)34-23-46-40(48-34)36-12-10-18-51(36)42(54)38(25(3)4)49-43(55)57-8/h13-16,19-20,22-25,30,35-36,38H,9-12,17-18,21H2,1-8H3,(H,45,47)(H,46,48)(H,49,55)/t30?,35-,36-,38-/m0/s1. The summed E-state index contributed by atoms with van der Waals surface area (Å²) in [6.07, 6.45) is 6.44. The maximum atomic E-state index is 13.7. The summed E-state index contributed by atoms with van der Waals surface area (Å²) in [7, 11) is 2.65. The number of esters is 1. The summed E-state index contributed by atoms with van der Waals surface area (Å²) in [5.41, 5.74) is 8.31. The third kappa shape index (κ3) is 7.44. The van der Waals surface area contributed by atoms with Crippen LogP contribution in [0.1, 0.15) is 109 Å². The van der Waals surface area contributed by atoms with E-state index < -0.39 is 18.1 Å². The van der Waals surface area contributed by atoms with Gasteiger partial charge in [0.1, 0.15) is 17.7 Å². The fraction of sp³-hybridized carbons (Fsp3) is 0.500. The summed E-state index contributed by atoms with van der Waals surface area (Å²) >= 11 is 0. The van der Waals surface area contributed by atoms with Gasteiger partial charge in [-0.1, -0.05) is 65.8 Å². The van der Waals surface area contributed by atoms with Gasteiger partial charge in [-0.2, -0.15) is 0 Å². The van der Waals surface area contributed by atoms with Gasteiger partial charge in [-0.15, -0.1) is 0 Å². The molecule has 7 rings (SSSR count). The maximum absolute atomic E-state index is 13.7. The number of amides is 3. The van der Waals surface area contributed by atoms with Crippen molar-refractivity contribution in [1.82, 2.24) is 35.1 Å². The molecular weight excluding hydrogens is 723 g/mol. The van der Waals surface area contributed by atoms with Crippen molar-refractivity contribution in [1.29, 1.82) is 0 Å². The zero-order chi connectivity index (χ0) is 40.8. The molecule has 13 nitrogen and oxygen atoms in total. The third-order valence-corrected chi connectivity index (χ3v) is 12.3. The summed E-state index contributed by atoms with van der Waals surface area (Å²) < 4.78 is 9.68. The summed E-state index contributed by atoms with van der Waals surface area (Å²) in [6.45, 7) is 13.5. The van der Waals surface area contributed by atoms with Crippen LogP contribution >= 0.6 is 0 Å². The summed E-state index contributed by atoms with van der Waals surface area (Å²) in [4.78, 5) is 71.9. The number of hydrogen-bond acceptors (Lipinski definition) is 8. The second-order valence-electron chi connectivity index (χ2n) is 16.9. The first-order chi connectivity index (χ1) is 27.2. The Labute approximate surface area is 334 Å². The van der Waals surface area contributed by atoms with Crippen LogP contribution < -0.4 is 5.32 Å². The van der Waals surface area contributed by atoms with Crippen molar-refractivity contribution in [2.45, 2.75) is 97.2 Å². The molecule has 57 heavy (non-hydrogen) atoms. The lowest BCUT2D eigenvalue weighted by Crippen LogP contribution is -2.51. The number of methoxy groups -OCH3 is 2. The molecular formula is C44H55N7O6. The van der Waals surface area contributed by atoms with Crippen LogP contribution in [0.2, 0.25) is 0 Å². The van der Waals surface area contributed by atoms with Crippen LogP contribution in [0, 0.1) is 17.8 Å². The molecule has 1 aliphatic carbocycles. The van der Waals surface area contributed by atoms with Crippen LogP contribution in [0.25, 0.3) is 33.6 Å². The van der Waals surface area contributed by atoms with Gasteiger partial charge in [-0.25, -0.2) is 14.8 Å². The number of nitrogens with one attached hydrogen (secondary N) is 3. The van der Waals surface area contributed by atoms with Crippen molar-refractivity contribution in [3.05, 3.63) is 71.6 Å². The minimum absolute atomic E-state index is 0.000978. The monoisotopic (exact) mass is 777 g/mol. The molecule has 2 aromatic carbocycles. The van der Waals surface area contributed by atoms with Crippen molar-refractivity contribution in [2.75, 3.05) is 27.3 Å². The Balaban J connectivity index is 1.09. The van der Waals surface area contributed by atoms with Gasteiger partial charge in [0.05, 0.1) is 62.4 Å². The largest absolute Gasteiger partial charge is 0.469 e. The molecule has 3 N–H and O–H groups in total. The summed E-state index contributed by atoms with van der Waals surface area (Å²) in [5.74, 6) is 0.388. The number of imidazole rings is 2. The minimum atomic E-state index is -0.694. The van der Waals surface area contributed by atoms with Crippen LogP contribution in [0.4, 0.5) is 4.79 Å². The molecule has 0 spiro atoms. The van der Waals surface area contributed by atoms with E-state index in [1.165, 1.54) is 36.5 Å². The first-order valence-electron chi connectivity index (χ1n) is 20.2. The lowest BCUT2D eigenvalue weighted by atomic mass is 9.81. The fourth-order valence-corrected chi connectivity index (χ4v) is 8.97. The molecule has 2 saturated heterocycles. The topological polar surface area (TPSA) is 163 Å². The van der Waals surface area contributed by atoms with Gasteiger partial charge in [0.2, 0.25) is 11.8 Å². The molecule has 4 aromatic rings. The van der Waals surface area contributed by atoms with E-state index in [9.17, 15) is 19.2 Å². The van der Waals surface area contributed by atoms with E-state index >= 15 is 0 Å². The molecule has 2 aliphatic heterocycles. The second-order valence-corrected chi connectivity index (χ2v) is 16.9. The normalized spacial score (nSPS) is 19.4. The van der Waals surface area contributed by atoms with Gasteiger partial charge in [-0.3, -0.25) is 14.4 Å². The van der Waals surface area contributed by atoms with Crippen LogP contribution in [-0.2, 0) is 29.3 Å². The van der Waals surface area contributed by atoms with Gasteiger partial charge in [0, 0.05) is 18.5 Å². The van der Waals surface area contributed by atoms with Crippen molar-refractivity contribution in [2.24, 2.45) is 17.8 Å². The van der Waals surface area contributed by atoms with Gasteiger partial charge in [-0.05, 0) is 83.0 Å². The number of nitrogens with zero attached hydrogens (tertiary/aromatic N) is 4. The highest BCUT2D eigenvalue weighted by molar-refractivity contribution is 5.87. The van der Waals surface area contributed by atoms with Crippen LogP contribution in [0.15, 0.2) is 48.8 Å². The Hall–Kier alpha value is -5.46. The molecule has 1 unspecified atom stereocenters. The number of carbonyl (C=O) groups excluding carboxylic acids is 4. The van der Waals surface area contributed by atoms with Crippen LogP contribution in [0.5, 0.6) is 0 Å². The molecule has 3 aliphatic rings. The summed E-state index contributed by atoms with van der Waals surface area (Å²) in [5, 5.41) is 2.72. The number of aromatic nitrogens is 4. The number of ether oxygens (including phenoxy) is 2. The highest BCUT2D eigenvalue weighted by Gasteiger charge is 2.40. The number of aromatic amines is 2. The maximum Gasteiger partial charge on any atom is 0.407 e. The molecule has 302 valence electrons. The smallest absolute Gasteiger partial charge is 0.407 e. The van der Waals surface area contributed by atoms with E-state index in [4.69, 9.17) is 19.4 Å². The molecule has 2 aromatic heterocycles. The van der Waals surface area contributed by atoms with E-state index in [1.54, 1.807) is 0 Å². The molecule has 0 saturated carbocycles. The number of fused-ring (bicyclic) bond motifs is 3. The Morgan fingerprint density at radius 2 is 1.28 bits per heavy atom. The van der Waals surface area contributed by atoms with Crippen molar-refractivity contribution in [3.63, 3.8) is 0 Å². The Bertz CT molecular complexity index is 2020. The number of benzene rings is 2. The van der Waals surface area contributed by atoms with Gasteiger partial charge < -0.3 is 34.6 Å². The van der Waals surface area contributed by atoms with E-state index in [0.29, 0.717) is 13.1 Å². The second kappa shape index (κ2) is 15.8. The first kappa shape index (κ1) is 39.8. The molecule has 4 atom stereocenters. The van der Waals surface area contributed by atoms with Gasteiger partial charge >= 0.3 is 12.1 Å². The van der Waals surface area contributed by atoms with Crippen molar-refractivity contribution < 1.29 is 28.7 Å². The van der Waals surface area contributed by atoms with E-state index in [-0.39, 0.29) is 53.5 Å². The minimum Gasteiger partial charge on any atom is -0.469 e. The fourth-order valence-electron chi connectivity index (χ4n) is 8.97. The molecule has 13 heteroatoms. The average Bonchev–Trinajstić information content (AvgIpc) is 4.05. The number of H-pyrrole nitrogens is 2. The lowest BCUT2D eigenvalue weighted by Gasteiger charge is -2.30. The first-order valence-corrected chi connectivity index (χ1v) is 20.2. The Morgan fingerprint density at radius 1 is 0.772 bits per heavy atom. The van der Waals surface area contributed by atoms with Crippen molar-refractivity contribution in [3.8, 4) is 33.6 Å². The number of rotatable bonds is 11. The number of likely N-dealkylation sites (tertiary alicyclic amines) is 2. The highest BCUT2D eigenvalue weighted by atomic mass is 16.5. The van der Waals surface area contributed by atoms with Gasteiger partial charge in [0.15, 0.2) is 0 Å². The van der Waals surface area contributed by atoms with Crippen LogP contribution in [-0.4, -0.2) is 87.0 Å². The van der Waals surface area contributed by atoms with E-state index in [0.717, 1.165) is 59.8 Å². The molecule has 4 heterocycles. The van der Waals surface area contributed by atoms with E-state index in [1.807, 2.05) is 49.9 Å². The number of hydrogen-bond donors (Lipinski definition) is 3. The zero-order valence-electron chi connectivity index (χ0n) is 34.3. The molecule has 0 radical (unpaired) electrons. The quantitative estimate of drug-likeness (QED) is 0.134. The predicted molar refractivity (Wildman–Crippen MR) is 216 cm³/mol. The van der Waals surface area contributed by atoms with E-state index in [2.05, 4.69) is 65.5 Å². The number of carbonyl (C=O) groups is 4. The predicted octanol–water partition coefficient (Wildman–Crippen LogP) is 7.32. The van der Waals surface area contributed by atoms with Gasteiger partial charge in [0.25, 0.3) is 0 Å². The molecule has 2 fully saturated rings. The highest BCUT2D eigenvalue weighted by Crippen LogP contribution is 2.50. The molecule has 3 amide bonds. The zero-order valence-corrected chi connectivity index (χ0v) is 34.3. The molecule has 0 bridgehead atoms. The summed E-state index contributed by atoms with van der Waals surface area (Å²) in [6, 6.07) is 12.0. The Kier molecular flexibility index (Phi) is 11.0. The van der Waals surface area contributed by atoms with Crippen LogP contribution in [0.3, 0.4) is 0 Å². The average molecular weight is 778 g/mol. The third-order valence-electron chi connectivity index (χ3n) is 12.3. The Morgan fingerprint density at radius 3 is 1.74 bits per heavy atom. The van der Waals surface area contributed by atoms with Crippen molar-refractivity contribution >= 4 is 23.9 Å².